The summed E-state index contributed by atoms with van der Waals surface area (Å²) in [5, 5.41) is 0.0418. The fourth-order valence-electron chi connectivity index (χ4n) is 4.80. The third kappa shape index (κ3) is 4.37. The summed E-state index contributed by atoms with van der Waals surface area (Å²) in [4.78, 5) is 44.7. The first-order chi connectivity index (χ1) is 17.8. The standard InChI is InChI=1S/C27H25F3N4O4/c1-27(2,3)38-26(37)34-12-20-23(15-9-18(29)19(30)10-16(15)24(35)31-20)22(13-34)32(4)25(36)14-8-21-17(28)6-5-7-33(21)11-14/h5-11,22H,12-13H2,1-4H3,(H,31,35)/t22-/m0/s1. The lowest BCUT2D eigenvalue weighted by Gasteiger charge is -2.39. The number of fused-ring (bicyclic) bond motifs is 4. The fourth-order valence-corrected chi connectivity index (χ4v) is 4.80. The summed E-state index contributed by atoms with van der Waals surface area (Å²) in [5.74, 6) is -3.34. The van der Waals surface area contributed by atoms with Gasteiger partial charge in [-0.3, -0.25) is 14.5 Å². The topological polar surface area (TPSA) is 87.1 Å². The molecule has 0 fully saturated rings. The second kappa shape index (κ2) is 8.93. The molecule has 4 heterocycles. The third-order valence-electron chi connectivity index (χ3n) is 6.53. The molecule has 5 rings (SSSR count). The Balaban J connectivity index is 1.64. The monoisotopic (exact) mass is 526 g/mol. The van der Waals surface area contributed by atoms with Crippen LogP contribution in [-0.4, -0.2) is 50.4 Å². The van der Waals surface area contributed by atoms with Gasteiger partial charge in [0.15, 0.2) is 11.6 Å². The quantitative estimate of drug-likeness (QED) is 0.408. The van der Waals surface area contributed by atoms with Crippen molar-refractivity contribution < 1.29 is 27.5 Å². The highest BCUT2D eigenvalue weighted by Crippen LogP contribution is 2.36. The van der Waals surface area contributed by atoms with Gasteiger partial charge >= 0.3 is 6.09 Å². The minimum Gasteiger partial charge on any atom is -0.444 e. The molecule has 1 atom stereocenters. The molecule has 11 heteroatoms. The van der Waals surface area contributed by atoms with Gasteiger partial charge in [0.2, 0.25) is 0 Å². The number of halogens is 3. The molecule has 0 aliphatic carbocycles. The Hall–Kier alpha value is -4.28. The van der Waals surface area contributed by atoms with E-state index in [9.17, 15) is 27.6 Å². The highest BCUT2D eigenvalue weighted by Gasteiger charge is 2.37. The van der Waals surface area contributed by atoms with Gasteiger partial charge in [-0.2, -0.15) is 0 Å². The molecule has 8 nitrogen and oxygen atoms in total. The van der Waals surface area contributed by atoms with Gasteiger partial charge in [-0.15, -0.1) is 0 Å². The summed E-state index contributed by atoms with van der Waals surface area (Å²) < 4.78 is 49.6. The van der Waals surface area contributed by atoms with Gasteiger partial charge in [0.05, 0.1) is 29.1 Å². The Morgan fingerprint density at radius 1 is 1.08 bits per heavy atom. The van der Waals surface area contributed by atoms with E-state index >= 15 is 0 Å². The maximum Gasteiger partial charge on any atom is 0.410 e. The van der Waals surface area contributed by atoms with Gasteiger partial charge in [0.1, 0.15) is 11.4 Å². The lowest BCUT2D eigenvalue weighted by Crippen LogP contribution is -2.47. The van der Waals surface area contributed by atoms with Crippen LogP contribution in [0.4, 0.5) is 18.0 Å². The van der Waals surface area contributed by atoms with Crippen molar-refractivity contribution in [3.8, 4) is 0 Å². The molecule has 1 aliphatic heterocycles. The van der Waals surface area contributed by atoms with Crippen molar-refractivity contribution in [3.63, 3.8) is 0 Å². The molecule has 0 saturated carbocycles. The van der Waals surface area contributed by atoms with Gasteiger partial charge in [0.25, 0.3) is 11.5 Å². The molecular weight excluding hydrogens is 501 g/mol. The van der Waals surface area contributed by atoms with Gasteiger partial charge in [-0.25, -0.2) is 18.0 Å². The summed E-state index contributed by atoms with van der Waals surface area (Å²) in [6.45, 7) is 5.00. The van der Waals surface area contributed by atoms with Crippen molar-refractivity contribution in [3.05, 3.63) is 87.4 Å². The van der Waals surface area contributed by atoms with E-state index in [4.69, 9.17) is 4.74 Å². The predicted octanol–water partition coefficient (Wildman–Crippen LogP) is 4.76. The van der Waals surface area contributed by atoms with Crippen LogP contribution in [0.3, 0.4) is 0 Å². The Morgan fingerprint density at radius 3 is 2.42 bits per heavy atom. The molecule has 0 saturated heterocycles. The van der Waals surface area contributed by atoms with Crippen LogP contribution in [0.5, 0.6) is 0 Å². The van der Waals surface area contributed by atoms with Crippen molar-refractivity contribution in [1.82, 2.24) is 19.2 Å². The Kier molecular flexibility index (Phi) is 5.96. The molecule has 1 aromatic carbocycles. The van der Waals surface area contributed by atoms with Crippen LogP contribution in [0.25, 0.3) is 16.3 Å². The zero-order chi connectivity index (χ0) is 27.5. The predicted molar refractivity (Wildman–Crippen MR) is 133 cm³/mol. The minimum atomic E-state index is -1.18. The summed E-state index contributed by atoms with van der Waals surface area (Å²) in [5.41, 5.74) is -0.434. The fraction of sp³-hybridized carbons (Fsp3) is 0.296. The number of nitrogens with one attached hydrogen (secondary N) is 1. The number of H-pyrrole nitrogens is 1. The van der Waals surface area contributed by atoms with Gasteiger partial charge in [-0.05, 0) is 56.5 Å². The molecule has 0 unspecified atom stereocenters. The van der Waals surface area contributed by atoms with Crippen molar-refractivity contribution in [2.75, 3.05) is 13.6 Å². The molecule has 198 valence electrons. The summed E-state index contributed by atoms with van der Waals surface area (Å²) in [6.07, 6.45) is 2.41. The smallest absolute Gasteiger partial charge is 0.410 e. The minimum absolute atomic E-state index is 0.0496. The summed E-state index contributed by atoms with van der Waals surface area (Å²) in [7, 11) is 1.49. The average Bonchev–Trinajstić information content (AvgIpc) is 3.28. The summed E-state index contributed by atoms with van der Waals surface area (Å²) >= 11 is 0. The largest absolute Gasteiger partial charge is 0.444 e. The Morgan fingerprint density at radius 2 is 1.76 bits per heavy atom. The normalized spacial score (nSPS) is 15.6. The van der Waals surface area contributed by atoms with E-state index in [1.54, 1.807) is 27.0 Å². The molecule has 1 aliphatic rings. The number of likely N-dealkylation sites (N-methyl/N-ethyl adjacent to an activating group) is 1. The number of hydrogen-bond acceptors (Lipinski definition) is 4. The SMILES string of the molecule is CN(C(=O)c1cc2c(F)cccn2c1)[C@H]1CN(C(=O)OC(C)(C)C)Cc2[nH]c(=O)c3cc(F)c(F)cc3c21. The highest BCUT2D eigenvalue weighted by atomic mass is 19.2. The second-order valence-electron chi connectivity index (χ2n) is 10.3. The Labute approximate surface area is 215 Å². The van der Waals surface area contributed by atoms with E-state index in [2.05, 4.69) is 4.98 Å². The number of ether oxygens (including phenoxy) is 1. The number of nitrogens with zero attached hydrogens (tertiary/aromatic N) is 3. The molecule has 3 aromatic heterocycles. The van der Waals surface area contributed by atoms with E-state index in [0.717, 1.165) is 12.1 Å². The number of aromatic amines is 1. The number of benzene rings is 1. The van der Waals surface area contributed by atoms with Crippen LogP contribution in [0.15, 0.2) is 47.5 Å². The first-order valence-electron chi connectivity index (χ1n) is 11.9. The molecule has 38 heavy (non-hydrogen) atoms. The van der Waals surface area contributed by atoms with Crippen LogP contribution in [0.1, 0.15) is 48.4 Å². The van der Waals surface area contributed by atoms with Crippen molar-refractivity contribution in [2.24, 2.45) is 0 Å². The Bertz CT molecular complexity index is 1670. The lowest BCUT2D eigenvalue weighted by atomic mass is 9.92. The number of rotatable bonds is 2. The van der Waals surface area contributed by atoms with E-state index in [-0.39, 0.29) is 40.6 Å². The van der Waals surface area contributed by atoms with Crippen LogP contribution < -0.4 is 5.56 Å². The van der Waals surface area contributed by atoms with Crippen molar-refractivity contribution >= 4 is 28.3 Å². The zero-order valence-electron chi connectivity index (χ0n) is 21.1. The molecule has 0 spiro atoms. The maximum absolute atomic E-state index is 14.4. The number of carbonyl (C=O) groups is 2. The number of hydrogen-bond donors (Lipinski definition) is 1. The van der Waals surface area contributed by atoms with E-state index in [1.807, 2.05) is 0 Å². The number of amides is 2. The van der Waals surface area contributed by atoms with Crippen molar-refractivity contribution in [2.45, 2.75) is 39.0 Å². The van der Waals surface area contributed by atoms with Gasteiger partial charge in [-0.1, -0.05) is 0 Å². The van der Waals surface area contributed by atoms with E-state index in [1.165, 1.54) is 45.6 Å². The summed E-state index contributed by atoms with van der Waals surface area (Å²) in [6, 6.07) is 5.05. The number of pyridine rings is 2. The average molecular weight is 527 g/mol. The molecule has 1 N–H and O–H groups in total. The maximum atomic E-state index is 14.4. The van der Waals surface area contributed by atoms with Crippen molar-refractivity contribution in [1.29, 1.82) is 0 Å². The van der Waals surface area contributed by atoms with Crippen LogP contribution in [0, 0.1) is 17.5 Å². The van der Waals surface area contributed by atoms with Gasteiger partial charge < -0.3 is 19.0 Å². The molecule has 0 bridgehead atoms. The number of carbonyl (C=O) groups excluding carboxylic acids is 2. The lowest BCUT2D eigenvalue weighted by molar-refractivity contribution is 0.0142. The third-order valence-corrected chi connectivity index (χ3v) is 6.53. The molecule has 0 radical (unpaired) electrons. The number of aromatic nitrogens is 2. The van der Waals surface area contributed by atoms with Crippen LogP contribution >= 0.6 is 0 Å². The molecular formula is C27H25F3N4O4. The molecule has 4 aromatic rings. The van der Waals surface area contributed by atoms with E-state index in [0.29, 0.717) is 5.56 Å². The van der Waals surface area contributed by atoms with Gasteiger partial charge in [0, 0.05) is 37.2 Å². The zero-order valence-corrected chi connectivity index (χ0v) is 21.1. The first kappa shape index (κ1) is 25.4. The highest BCUT2D eigenvalue weighted by molar-refractivity contribution is 5.96. The van der Waals surface area contributed by atoms with Crippen LogP contribution in [-0.2, 0) is 11.3 Å². The van der Waals surface area contributed by atoms with Crippen LogP contribution in [0.2, 0.25) is 0 Å². The second-order valence-corrected chi connectivity index (χ2v) is 10.3. The molecule has 2 amide bonds. The first-order valence-corrected chi connectivity index (χ1v) is 11.9. The van der Waals surface area contributed by atoms with E-state index < -0.39 is 46.7 Å².